The molecule has 2 rings (SSSR count). The molecule has 0 aromatic heterocycles. The molecule has 7 heteroatoms. The van der Waals surface area contributed by atoms with Gasteiger partial charge in [-0.3, -0.25) is 4.79 Å². The lowest BCUT2D eigenvalue weighted by Crippen LogP contribution is -2.41. The highest BCUT2D eigenvalue weighted by molar-refractivity contribution is 6.64. The average molecular weight is 320 g/mol. The summed E-state index contributed by atoms with van der Waals surface area (Å²) >= 11 is 0. The van der Waals surface area contributed by atoms with Crippen LogP contribution in [-0.4, -0.2) is 37.4 Å². The molecule has 0 radical (unpaired) electrons. The third-order valence-corrected chi connectivity index (χ3v) is 4.02. The van der Waals surface area contributed by atoms with E-state index in [0.717, 1.165) is 6.29 Å². The molecule has 1 fully saturated rings. The standard InChI is InChI=1S/C15H21BO4.CO2/c1-6-18-12-9-7-8-11(10-17)13(12)16-19-14(2,3)15(4,5)20-16;2-1-3/h7-10H,6H2,1-5H3;. The van der Waals surface area contributed by atoms with Gasteiger partial charge < -0.3 is 14.0 Å². The first-order chi connectivity index (χ1) is 10.7. The first-order valence-electron chi connectivity index (χ1n) is 7.29. The molecule has 23 heavy (non-hydrogen) atoms. The summed E-state index contributed by atoms with van der Waals surface area (Å²) in [6, 6.07) is 5.37. The number of benzene rings is 1. The zero-order valence-corrected chi connectivity index (χ0v) is 14.0. The predicted octanol–water partition coefficient (Wildman–Crippen LogP) is 1.61. The fraction of sp³-hybridized carbons (Fsp3) is 0.500. The van der Waals surface area contributed by atoms with Crippen molar-refractivity contribution < 1.29 is 28.4 Å². The first-order valence-corrected chi connectivity index (χ1v) is 7.29. The van der Waals surface area contributed by atoms with E-state index in [1.807, 2.05) is 40.7 Å². The van der Waals surface area contributed by atoms with Crippen LogP contribution in [0.4, 0.5) is 0 Å². The van der Waals surface area contributed by atoms with Crippen LogP contribution in [0.1, 0.15) is 45.0 Å². The van der Waals surface area contributed by atoms with Gasteiger partial charge in [-0.05, 0) is 40.7 Å². The zero-order chi connectivity index (χ0) is 17.7. The number of hydrogen-bond donors (Lipinski definition) is 0. The molecule has 1 heterocycles. The van der Waals surface area contributed by atoms with Crippen LogP contribution in [0.5, 0.6) is 5.75 Å². The molecule has 0 N–H and O–H groups in total. The monoisotopic (exact) mass is 320 g/mol. The molecule has 1 aromatic carbocycles. The van der Waals surface area contributed by atoms with Crippen molar-refractivity contribution in [3.05, 3.63) is 23.8 Å². The van der Waals surface area contributed by atoms with Gasteiger partial charge in [0.15, 0.2) is 0 Å². The van der Waals surface area contributed by atoms with Crippen molar-refractivity contribution in [3.8, 4) is 5.75 Å². The second-order valence-corrected chi connectivity index (χ2v) is 5.98. The zero-order valence-electron chi connectivity index (χ0n) is 14.0. The molecule has 1 aromatic rings. The number of carbonyl (C=O) groups excluding carboxylic acids is 3. The van der Waals surface area contributed by atoms with Crippen molar-refractivity contribution in [2.75, 3.05) is 6.61 Å². The van der Waals surface area contributed by atoms with E-state index in [2.05, 4.69) is 0 Å². The van der Waals surface area contributed by atoms with Gasteiger partial charge in [0.25, 0.3) is 0 Å². The molecule has 1 saturated heterocycles. The Balaban J connectivity index is 0.000000816. The van der Waals surface area contributed by atoms with Crippen LogP contribution in [0.2, 0.25) is 0 Å². The molecule has 0 spiro atoms. The van der Waals surface area contributed by atoms with E-state index in [9.17, 15) is 4.79 Å². The van der Waals surface area contributed by atoms with Gasteiger partial charge >= 0.3 is 13.3 Å². The van der Waals surface area contributed by atoms with E-state index in [-0.39, 0.29) is 6.15 Å². The number of rotatable bonds is 4. The largest absolute Gasteiger partial charge is 0.499 e. The smallest absolute Gasteiger partial charge is 0.494 e. The van der Waals surface area contributed by atoms with Crippen LogP contribution in [0, 0.1) is 0 Å². The van der Waals surface area contributed by atoms with E-state index in [1.54, 1.807) is 12.1 Å². The highest BCUT2D eigenvalue weighted by Gasteiger charge is 2.53. The molecule has 6 nitrogen and oxygen atoms in total. The Bertz CT molecular complexity index is 574. The summed E-state index contributed by atoms with van der Waals surface area (Å²) in [5, 5.41) is 0. The van der Waals surface area contributed by atoms with Gasteiger partial charge in [-0.1, -0.05) is 12.1 Å². The normalized spacial score (nSPS) is 17.7. The number of carbonyl (C=O) groups is 1. The second-order valence-electron chi connectivity index (χ2n) is 5.98. The van der Waals surface area contributed by atoms with E-state index in [1.165, 1.54) is 0 Å². The Morgan fingerprint density at radius 3 is 2.13 bits per heavy atom. The maximum absolute atomic E-state index is 11.3. The van der Waals surface area contributed by atoms with E-state index < -0.39 is 18.3 Å². The van der Waals surface area contributed by atoms with Gasteiger partial charge in [-0.25, -0.2) is 0 Å². The number of hydrogen-bond acceptors (Lipinski definition) is 6. The molecule has 0 bridgehead atoms. The maximum atomic E-state index is 11.3. The van der Waals surface area contributed by atoms with Gasteiger partial charge in [-0.2, -0.15) is 9.59 Å². The summed E-state index contributed by atoms with van der Waals surface area (Å²) in [6.45, 7) is 10.4. The van der Waals surface area contributed by atoms with Crippen molar-refractivity contribution >= 4 is 25.0 Å². The van der Waals surface area contributed by atoms with E-state index in [0.29, 0.717) is 23.4 Å². The number of ether oxygens (including phenoxy) is 1. The molecule has 0 unspecified atom stereocenters. The molecule has 1 aliphatic heterocycles. The molecular weight excluding hydrogens is 299 g/mol. The van der Waals surface area contributed by atoms with Gasteiger partial charge in [0.05, 0.1) is 17.8 Å². The Hall–Kier alpha value is -1.95. The highest BCUT2D eigenvalue weighted by Crippen LogP contribution is 2.37. The van der Waals surface area contributed by atoms with E-state index >= 15 is 0 Å². The Morgan fingerprint density at radius 2 is 1.70 bits per heavy atom. The van der Waals surface area contributed by atoms with Crippen LogP contribution in [0.15, 0.2) is 18.2 Å². The summed E-state index contributed by atoms with van der Waals surface area (Å²) in [5.41, 5.74) is 0.311. The second kappa shape index (κ2) is 7.55. The number of aldehydes is 1. The summed E-state index contributed by atoms with van der Waals surface area (Å²) < 4.78 is 17.6. The van der Waals surface area contributed by atoms with Gasteiger partial charge in [0.1, 0.15) is 12.0 Å². The SMILES string of the molecule is CCOc1cccc(C=O)c1B1OC(C)(C)C(C)(C)O1.O=C=O. The summed E-state index contributed by atoms with van der Waals surface area (Å²) in [7, 11) is -0.594. The third kappa shape index (κ3) is 4.07. The molecular formula is C16H21BO6. The first kappa shape index (κ1) is 19.1. The summed E-state index contributed by atoms with van der Waals surface area (Å²) in [5.74, 6) is 0.635. The topological polar surface area (TPSA) is 78.9 Å². The van der Waals surface area contributed by atoms with Crippen molar-refractivity contribution in [1.82, 2.24) is 0 Å². The minimum Gasteiger partial charge on any atom is -0.494 e. The Labute approximate surface area is 136 Å². The molecule has 0 amide bonds. The van der Waals surface area contributed by atoms with Crippen LogP contribution < -0.4 is 10.2 Å². The van der Waals surface area contributed by atoms with Gasteiger partial charge in [0.2, 0.25) is 0 Å². The lowest BCUT2D eigenvalue weighted by atomic mass is 9.75. The van der Waals surface area contributed by atoms with Gasteiger partial charge in [-0.15, -0.1) is 0 Å². The van der Waals surface area contributed by atoms with Crippen molar-refractivity contribution in [2.45, 2.75) is 45.8 Å². The van der Waals surface area contributed by atoms with Crippen LogP contribution >= 0.6 is 0 Å². The molecule has 0 atom stereocenters. The molecule has 1 aliphatic rings. The van der Waals surface area contributed by atoms with Crippen molar-refractivity contribution in [3.63, 3.8) is 0 Å². The molecule has 124 valence electrons. The molecule has 0 saturated carbocycles. The van der Waals surface area contributed by atoms with Gasteiger partial charge in [0, 0.05) is 11.0 Å². The molecule has 0 aliphatic carbocycles. The van der Waals surface area contributed by atoms with Crippen LogP contribution in [0.25, 0.3) is 0 Å². The Morgan fingerprint density at radius 1 is 1.17 bits per heavy atom. The highest BCUT2D eigenvalue weighted by atomic mass is 16.7. The average Bonchev–Trinajstić information content (AvgIpc) is 2.68. The van der Waals surface area contributed by atoms with Crippen LogP contribution in [-0.2, 0) is 18.9 Å². The quantitative estimate of drug-likeness (QED) is 0.619. The maximum Gasteiger partial charge on any atom is 0.499 e. The summed E-state index contributed by atoms with van der Waals surface area (Å²) in [4.78, 5) is 27.5. The fourth-order valence-electron chi connectivity index (χ4n) is 2.16. The van der Waals surface area contributed by atoms with E-state index in [4.69, 9.17) is 23.6 Å². The van der Waals surface area contributed by atoms with Crippen LogP contribution in [0.3, 0.4) is 0 Å². The summed E-state index contributed by atoms with van der Waals surface area (Å²) in [6.07, 6.45) is 1.06. The van der Waals surface area contributed by atoms with Crippen molar-refractivity contribution in [1.29, 1.82) is 0 Å². The lowest BCUT2D eigenvalue weighted by molar-refractivity contribution is -0.191. The lowest BCUT2D eigenvalue weighted by Gasteiger charge is -2.32. The van der Waals surface area contributed by atoms with Crippen molar-refractivity contribution in [2.24, 2.45) is 0 Å². The minimum absolute atomic E-state index is 0.250. The minimum atomic E-state index is -0.594. The Kier molecular flexibility index (Phi) is 6.27. The third-order valence-electron chi connectivity index (χ3n) is 4.02. The fourth-order valence-corrected chi connectivity index (χ4v) is 2.16. The predicted molar refractivity (Wildman–Crippen MR) is 83.7 cm³/mol.